The van der Waals surface area contributed by atoms with Gasteiger partial charge in [0, 0.05) is 43.6 Å². The van der Waals surface area contributed by atoms with Crippen LogP contribution in [0.2, 0.25) is 0 Å². The molecule has 170 valence electrons. The van der Waals surface area contributed by atoms with E-state index in [-0.39, 0.29) is 5.82 Å². The Morgan fingerprint density at radius 3 is 2.73 bits per heavy atom. The SMILES string of the molecule is CN(C)CC1CCN(c2ccc3c(c2)Cn2cc(-c4ccc(F)cc4)cc2C(N=CN)=N3)C1. The molecule has 5 rings (SSSR count). The Hall–Kier alpha value is -3.45. The second-order valence-corrected chi connectivity index (χ2v) is 9.14. The standard InChI is InChI=1S/C26H29FN6/c1-31(2)13-18-9-10-32(14-18)23-7-8-24-21(11-23)16-33-15-20(19-3-5-22(27)6-4-19)12-25(33)26(30-24)29-17-28/h3-8,11-12,15,17-18H,9-10,13-14,16H2,1-2H3,(H2,28,29,30). The quantitative estimate of drug-likeness (QED) is 0.487. The van der Waals surface area contributed by atoms with E-state index in [1.807, 2.05) is 6.07 Å². The number of hydrogen-bond acceptors (Lipinski definition) is 4. The Balaban J connectivity index is 1.48. The average molecular weight is 445 g/mol. The summed E-state index contributed by atoms with van der Waals surface area (Å²) in [5.74, 6) is 1.02. The number of nitrogens with two attached hydrogens (primary N) is 1. The van der Waals surface area contributed by atoms with Crippen LogP contribution in [0.5, 0.6) is 0 Å². The molecule has 6 nitrogen and oxygen atoms in total. The van der Waals surface area contributed by atoms with Crippen LogP contribution in [0, 0.1) is 11.7 Å². The van der Waals surface area contributed by atoms with Gasteiger partial charge in [-0.2, -0.15) is 0 Å². The van der Waals surface area contributed by atoms with Crippen LogP contribution in [0.1, 0.15) is 17.7 Å². The van der Waals surface area contributed by atoms with Crippen LogP contribution in [-0.2, 0) is 6.54 Å². The minimum absolute atomic E-state index is 0.245. The van der Waals surface area contributed by atoms with Gasteiger partial charge in [-0.1, -0.05) is 12.1 Å². The molecule has 1 fully saturated rings. The smallest absolute Gasteiger partial charge is 0.178 e. The minimum atomic E-state index is -0.245. The van der Waals surface area contributed by atoms with Gasteiger partial charge in [-0.25, -0.2) is 14.4 Å². The van der Waals surface area contributed by atoms with Crippen molar-refractivity contribution in [1.29, 1.82) is 0 Å². The summed E-state index contributed by atoms with van der Waals surface area (Å²) in [5, 5.41) is 0. The lowest BCUT2D eigenvalue weighted by atomic mass is 10.1. The summed E-state index contributed by atoms with van der Waals surface area (Å²) in [6.45, 7) is 3.95. The van der Waals surface area contributed by atoms with Gasteiger partial charge in [-0.15, -0.1) is 0 Å². The van der Waals surface area contributed by atoms with Crippen molar-refractivity contribution in [2.75, 3.05) is 38.6 Å². The number of aliphatic imine (C=N–C) groups is 2. The van der Waals surface area contributed by atoms with Gasteiger partial charge in [0.25, 0.3) is 0 Å². The molecule has 0 bridgehead atoms. The molecule has 0 radical (unpaired) electrons. The second kappa shape index (κ2) is 8.83. The monoisotopic (exact) mass is 444 g/mol. The second-order valence-electron chi connectivity index (χ2n) is 9.14. The van der Waals surface area contributed by atoms with Crippen LogP contribution in [0.3, 0.4) is 0 Å². The van der Waals surface area contributed by atoms with E-state index in [0.717, 1.165) is 47.7 Å². The van der Waals surface area contributed by atoms with Gasteiger partial charge in [0.05, 0.1) is 17.7 Å². The van der Waals surface area contributed by atoms with Gasteiger partial charge < -0.3 is 20.1 Å². The van der Waals surface area contributed by atoms with Crippen molar-refractivity contribution in [3.05, 3.63) is 71.8 Å². The van der Waals surface area contributed by atoms with E-state index >= 15 is 0 Å². The first-order valence-corrected chi connectivity index (χ1v) is 11.3. The molecule has 2 aliphatic heterocycles. The van der Waals surface area contributed by atoms with Gasteiger partial charge in [0.15, 0.2) is 5.84 Å². The van der Waals surface area contributed by atoms with Crippen LogP contribution in [0.4, 0.5) is 15.8 Å². The Morgan fingerprint density at radius 1 is 1.15 bits per heavy atom. The van der Waals surface area contributed by atoms with Crippen LogP contribution < -0.4 is 10.6 Å². The highest BCUT2D eigenvalue weighted by Gasteiger charge is 2.25. The van der Waals surface area contributed by atoms with Crippen LogP contribution in [0.15, 0.2) is 64.7 Å². The molecular weight excluding hydrogens is 415 g/mol. The van der Waals surface area contributed by atoms with Gasteiger partial charge in [-0.3, -0.25) is 0 Å². The molecule has 0 saturated carbocycles. The molecule has 7 heteroatoms. The summed E-state index contributed by atoms with van der Waals surface area (Å²) in [6.07, 6.45) is 4.57. The first-order chi connectivity index (χ1) is 16.0. The maximum atomic E-state index is 13.4. The number of rotatable bonds is 4. The fourth-order valence-corrected chi connectivity index (χ4v) is 4.89. The van der Waals surface area contributed by atoms with Crippen molar-refractivity contribution in [3.63, 3.8) is 0 Å². The molecule has 2 aromatic carbocycles. The van der Waals surface area contributed by atoms with Crippen molar-refractivity contribution in [3.8, 4) is 11.1 Å². The first kappa shape index (κ1) is 21.4. The van der Waals surface area contributed by atoms with E-state index in [1.54, 1.807) is 12.1 Å². The van der Waals surface area contributed by atoms with E-state index in [0.29, 0.717) is 18.3 Å². The Labute approximate surface area is 193 Å². The lowest BCUT2D eigenvalue weighted by Crippen LogP contribution is -2.25. The van der Waals surface area contributed by atoms with Crippen LogP contribution in [0.25, 0.3) is 11.1 Å². The third kappa shape index (κ3) is 4.41. The van der Waals surface area contributed by atoms with Crippen molar-refractivity contribution in [2.45, 2.75) is 13.0 Å². The first-order valence-electron chi connectivity index (χ1n) is 11.3. The van der Waals surface area contributed by atoms with E-state index in [2.05, 4.69) is 57.9 Å². The molecule has 2 aliphatic rings. The summed E-state index contributed by atoms with van der Waals surface area (Å²) in [7, 11) is 4.28. The van der Waals surface area contributed by atoms with E-state index in [1.165, 1.54) is 30.6 Å². The van der Waals surface area contributed by atoms with Crippen molar-refractivity contribution in [2.24, 2.45) is 21.6 Å². The molecule has 3 aromatic rings. The maximum Gasteiger partial charge on any atom is 0.178 e. The van der Waals surface area contributed by atoms with Crippen molar-refractivity contribution < 1.29 is 4.39 Å². The molecule has 0 spiro atoms. The molecule has 1 aromatic heterocycles. The van der Waals surface area contributed by atoms with Crippen molar-refractivity contribution in [1.82, 2.24) is 9.47 Å². The van der Waals surface area contributed by atoms with E-state index in [4.69, 9.17) is 10.7 Å². The fourth-order valence-electron chi connectivity index (χ4n) is 4.89. The van der Waals surface area contributed by atoms with E-state index < -0.39 is 0 Å². The third-order valence-electron chi connectivity index (χ3n) is 6.40. The Kier molecular flexibility index (Phi) is 5.72. The molecular formula is C26H29FN6. The third-order valence-corrected chi connectivity index (χ3v) is 6.40. The zero-order chi connectivity index (χ0) is 22.9. The molecule has 1 saturated heterocycles. The largest absolute Gasteiger partial charge is 0.390 e. The van der Waals surface area contributed by atoms with E-state index in [9.17, 15) is 4.39 Å². The number of amidine groups is 1. The average Bonchev–Trinajstić information content (AvgIpc) is 3.39. The Bertz CT molecular complexity index is 1210. The molecule has 3 heterocycles. The molecule has 33 heavy (non-hydrogen) atoms. The van der Waals surface area contributed by atoms with Gasteiger partial charge in [0.2, 0.25) is 0 Å². The lowest BCUT2D eigenvalue weighted by molar-refractivity contribution is 0.340. The number of nitrogens with zero attached hydrogens (tertiary/aromatic N) is 5. The van der Waals surface area contributed by atoms with Crippen LogP contribution in [-0.4, -0.2) is 55.4 Å². The summed E-state index contributed by atoms with van der Waals surface area (Å²) < 4.78 is 15.6. The lowest BCUT2D eigenvalue weighted by Gasteiger charge is -2.21. The fraction of sp³-hybridized carbons (Fsp3) is 0.308. The van der Waals surface area contributed by atoms with Crippen molar-refractivity contribution >= 4 is 23.5 Å². The number of halogens is 1. The molecule has 0 amide bonds. The predicted octanol–water partition coefficient (Wildman–Crippen LogP) is 4.11. The normalized spacial score (nSPS) is 17.9. The number of benzene rings is 2. The van der Waals surface area contributed by atoms with Gasteiger partial charge >= 0.3 is 0 Å². The Morgan fingerprint density at radius 2 is 1.97 bits per heavy atom. The minimum Gasteiger partial charge on any atom is -0.390 e. The summed E-state index contributed by atoms with van der Waals surface area (Å²) in [4.78, 5) is 13.9. The number of anilines is 1. The van der Waals surface area contributed by atoms with Gasteiger partial charge in [0.1, 0.15) is 5.82 Å². The summed E-state index contributed by atoms with van der Waals surface area (Å²) in [6, 6.07) is 15.1. The number of aromatic nitrogens is 1. The number of fused-ring (bicyclic) bond motifs is 2. The maximum absolute atomic E-state index is 13.4. The highest BCUT2D eigenvalue weighted by atomic mass is 19.1. The molecule has 0 aliphatic carbocycles. The highest BCUT2D eigenvalue weighted by molar-refractivity contribution is 6.04. The topological polar surface area (TPSA) is 62.1 Å². The van der Waals surface area contributed by atoms with Gasteiger partial charge in [-0.05, 0) is 74.0 Å². The summed E-state index contributed by atoms with van der Waals surface area (Å²) in [5.41, 5.74) is 11.8. The zero-order valence-corrected chi connectivity index (χ0v) is 19.1. The summed E-state index contributed by atoms with van der Waals surface area (Å²) >= 11 is 0. The molecule has 1 unspecified atom stereocenters. The zero-order valence-electron chi connectivity index (χ0n) is 19.1. The molecule has 1 atom stereocenters. The molecule has 2 N–H and O–H groups in total. The number of hydrogen-bond donors (Lipinski definition) is 1. The van der Waals surface area contributed by atoms with Crippen LogP contribution >= 0.6 is 0 Å². The highest BCUT2D eigenvalue weighted by Crippen LogP contribution is 2.34. The predicted molar refractivity (Wildman–Crippen MR) is 133 cm³/mol.